The fourth-order valence-electron chi connectivity index (χ4n) is 3.88. The first-order valence-corrected chi connectivity index (χ1v) is 12.5. The van der Waals surface area contributed by atoms with Crippen LogP contribution in [0.4, 0.5) is 15.9 Å². The summed E-state index contributed by atoms with van der Waals surface area (Å²) in [6.45, 7) is 0. The van der Waals surface area contributed by atoms with Crippen LogP contribution in [-0.4, -0.2) is 25.7 Å². The lowest BCUT2D eigenvalue weighted by molar-refractivity contribution is 0.414. The summed E-state index contributed by atoms with van der Waals surface area (Å²) in [5.74, 6) is -0.345. The van der Waals surface area contributed by atoms with Crippen LogP contribution in [-0.2, 0) is 10.0 Å². The van der Waals surface area contributed by atoms with E-state index in [9.17, 15) is 18.1 Å². The van der Waals surface area contributed by atoms with Gasteiger partial charge in [-0.2, -0.15) is 5.26 Å². The molecule has 0 saturated carbocycles. The van der Waals surface area contributed by atoms with Crippen molar-refractivity contribution < 1.29 is 22.1 Å². The van der Waals surface area contributed by atoms with Gasteiger partial charge in [0.05, 0.1) is 17.0 Å². The second kappa shape index (κ2) is 9.54. The molecule has 184 valence electrons. The number of fused-ring (bicyclic) bond motifs is 1. The Morgan fingerprint density at radius 2 is 1.92 bits per heavy atom. The van der Waals surface area contributed by atoms with Crippen LogP contribution in [0.25, 0.3) is 21.9 Å². The number of nitriles is 1. The predicted molar refractivity (Wildman–Crippen MR) is 136 cm³/mol. The lowest BCUT2D eigenvalue weighted by Crippen LogP contribution is -2.27. The van der Waals surface area contributed by atoms with Crippen molar-refractivity contribution in [1.82, 2.24) is 10.1 Å². The largest absolute Gasteiger partial charge is 0.495 e. The van der Waals surface area contributed by atoms with Gasteiger partial charge in [0, 0.05) is 23.2 Å². The summed E-state index contributed by atoms with van der Waals surface area (Å²) in [5.41, 5.74) is 1.15. The molecule has 0 aliphatic heterocycles. The highest BCUT2D eigenvalue weighted by Gasteiger charge is 2.32. The highest BCUT2D eigenvalue weighted by Crippen LogP contribution is 2.43. The van der Waals surface area contributed by atoms with E-state index in [4.69, 9.17) is 20.9 Å². The Hall–Kier alpha value is -4.46. The zero-order valence-corrected chi connectivity index (χ0v) is 20.7. The Morgan fingerprint density at radius 3 is 2.62 bits per heavy atom. The number of hydrogen-bond acceptors (Lipinski definition) is 7. The molecule has 0 amide bonds. The number of benzene rings is 3. The maximum atomic E-state index is 14.0. The minimum atomic E-state index is -4.31. The van der Waals surface area contributed by atoms with Crippen LogP contribution in [0.5, 0.6) is 5.75 Å². The van der Waals surface area contributed by atoms with E-state index < -0.39 is 15.8 Å². The molecule has 3 aromatic carbocycles. The Balaban J connectivity index is 1.70. The molecule has 0 N–H and O–H groups in total. The van der Waals surface area contributed by atoms with Crippen molar-refractivity contribution in [2.24, 2.45) is 0 Å². The second-order valence-corrected chi connectivity index (χ2v) is 10.0. The zero-order chi connectivity index (χ0) is 26.2. The van der Waals surface area contributed by atoms with Crippen molar-refractivity contribution in [2.45, 2.75) is 4.90 Å². The number of methoxy groups -OCH3 is 1. The summed E-state index contributed by atoms with van der Waals surface area (Å²) >= 11 is 6.58. The van der Waals surface area contributed by atoms with Gasteiger partial charge in [0.1, 0.15) is 35.3 Å². The monoisotopic (exact) mass is 534 g/mol. The first-order chi connectivity index (χ1) is 17.8. The van der Waals surface area contributed by atoms with Crippen molar-refractivity contribution in [3.63, 3.8) is 0 Å². The lowest BCUT2D eigenvalue weighted by Gasteiger charge is -2.24. The van der Waals surface area contributed by atoms with E-state index in [0.717, 1.165) is 4.31 Å². The number of rotatable bonds is 6. The molecule has 5 aromatic rings. The molecule has 2 aromatic heterocycles. The van der Waals surface area contributed by atoms with Gasteiger partial charge >= 0.3 is 0 Å². The number of pyridine rings is 1. The molecule has 11 heteroatoms. The first-order valence-electron chi connectivity index (χ1n) is 10.7. The molecule has 37 heavy (non-hydrogen) atoms. The SMILES string of the molecule is COc1cc(-c2cccc(F)c2)c(Cl)cc1N(c1ccon1)S(=O)(=O)c1ccc2cnc(C#N)cc2c1. The van der Waals surface area contributed by atoms with Gasteiger partial charge in [-0.25, -0.2) is 22.1 Å². The molecular formula is C26H16ClFN4O4S. The smallest absolute Gasteiger partial charge is 0.270 e. The van der Waals surface area contributed by atoms with Gasteiger partial charge in [0.2, 0.25) is 0 Å². The standard InChI is InChI=1S/C26H16ClFN4O4S/c1-35-25-12-22(16-3-2-4-19(28)9-16)23(27)13-24(25)32(26-7-8-36-31-26)37(33,34)21-6-5-17-15-30-20(14-29)10-18(17)11-21/h2-13,15H,1H3. The summed E-state index contributed by atoms with van der Waals surface area (Å²) in [7, 11) is -2.94. The van der Waals surface area contributed by atoms with Gasteiger partial charge < -0.3 is 9.26 Å². The van der Waals surface area contributed by atoms with Crippen LogP contribution in [0.2, 0.25) is 5.02 Å². The van der Waals surface area contributed by atoms with E-state index in [0.29, 0.717) is 21.9 Å². The minimum Gasteiger partial charge on any atom is -0.495 e. The van der Waals surface area contributed by atoms with Crippen molar-refractivity contribution >= 4 is 43.9 Å². The average Bonchev–Trinajstić information content (AvgIpc) is 3.42. The number of nitrogens with zero attached hydrogens (tertiary/aromatic N) is 4. The summed E-state index contributed by atoms with van der Waals surface area (Å²) in [6.07, 6.45) is 2.73. The fraction of sp³-hybridized carbons (Fsp3) is 0.0385. The van der Waals surface area contributed by atoms with E-state index in [2.05, 4.69) is 10.1 Å². The fourth-order valence-corrected chi connectivity index (χ4v) is 5.61. The zero-order valence-electron chi connectivity index (χ0n) is 19.1. The molecule has 0 atom stereocenters. The molecule has 0 radical (unpaired) electrons. The van der Waals surface area contributed by atoms with Gasteiger partial charge in [-0.15, -0.1) is 0 Å². The highest BCUT2D eigenvalue weighted by atomic mass is 35.5. The van der Waals surface area contributed by atoms with Gasteiger partial charge in [0.15, 0.2) is 5.82 Å². The number of sulfonamides is 1. The predicted octanol–water partition coefficient (Wildman–Crippen LogP) is 6.09. The Labute approximate surface area is 216 Å². The minimum absolute atomic E-state index is 0.0413. The maximum Gasteiger partial charge on any atom is 0.270 e. The van der Waals surface area contributed by atoms with Gasteiger partial charge in [-0.05, 0) is 53.4 Å². The van der Waals surface area contributed by atoms with Gasteiger partial charge in [-0.3, -0.25) is 0 Å². The highest BCUT2D eigenvalue weighted by molar-refractivity contribution is 7.93. The third-order valence-electron chi connectivity index (χ3n) is 5.60. The van der Waals surface area contributed by atoms with Crippen LogP contribution in [0.15, 0.2) is 88.6 Å². The molecule has 0 saturated heterocycles. The molecule has 8 nitrogen and oxygen atoms in total. The molecule has 0 aliphatic rings. The molecule has 5 rings (SSSR count). The molecule has 0 fully saturated rings. The lowest BCUT2D eigenvalue weighted by atomic mass is 10.0. The third kappa shape index (κ3) is 4.46. The molecule has 0 aliphatic carbocycles. The topological polar surface area (TPSA) is 109 Å². The number of ether oxygens (including phenoxy) is 1. The van der Waals surface area contributed by atoms with E-state index in [1.807, 2.05) is 6.07 Å². The van der Waals surface area contributed by atoms with Crippen LogP contribution >= 0.6 is 11.6 Å². The molecule has 0 unspecified atom stereocenters. The normalized spacial score (nSPS) is 11.3. The Morgan fingerprint density at radius 1 is 1.08 bits per heavy atom. The van der Waals surface area contributed by atoms with E-state index in [1.165, 1.54) is 68.1 Å². The quantitative estimate of drug-likeness (QED) is 0.259. The van der Waals surface area contributed by atoms with Gasteiger partial charge in [0.25, 0.3) is 10.0 Å². The van der Waals surface area contributed by atoms with Crippen LogP contribution < -0.4 is 9.04 Å². The summed E-state index contributed by atoms with van der Waals surface area (Å²) in [4.78, 5) is 3.94. The van der Waals surface area contributed by atoms with E-state index in [-0.39, 0.29) is 32.9 Å². The molecule has 0 spiro atoms. The van der Waals surface area contributed by atoms with Crippen LogP contribution in [0.1, 0.15) is 5.69 Å². The molecule has 0 bridgehead atoms. The maximum absolute atomic E-state index is 14.0. The van der Waals surface area contributed by atoms with Crippen molar-refractivity contribution in [1.29, 1.82) is 5.26 Å². The second-order valence-electron chi connectivity index (χ2n) is 7.83. The number of aromatic nitrogens is 2. The number of hydrogen-bond donors (Lipinski definition) is 0. The number of halogens is 2. The Bertz CT molecular complexity index is 1790. The van der Waals surface area contributed by atoms with Gasteiger partial charge in [-0.1, -0.05) is 35.0 Å². The third-order valence-corrected chi connectivity index (χ3v) is 7.63. The molecule has 2 heterocycles. The van der Waals surface area contributed by atoms with Crippen molar-refractivity contribution in [2.75, 3.05) is 11.4 Å². The van der Waals surface area contributed by atoms with Crippen molar-refractivity contribution in [3.05, 3.63) is 95.7 Å². The average molecular weight is 535 g/mol. The summed E-state index contributed by atoms with van der Waals surface area (Å²) in [5, 5.41) is 14.4. The van der Waals surface area contributed by atoms with E-state index >= 15 is 0 Å². The summed E-state index contributed by atoms with van der Waals surface area (Å²) in [6, 6.07) is 18.1. The van der Waals surface area contributed by atoms with Crippen LogP contribution in [0.3, 0.4) is 0 Å². The Kier molecular flexibility index (Phi) is 6.25. The van der Waals surface area contributed by atoms with E-state index in [1.54, 1.807) is 18.2 Å². The molecular weight excluding hydrogens is 519 g/mol. The first kappa shape index (κ1) is 24.2. The van der Waals surface area contributed by atoms with Crippen molar-refractivity contribution in [3.8, 4) is 22.9 Å². The van der Waals surface area contributed by atoms with Crippen LogP contribution in [0, 0.1) is 17.1 Å². The summed E-state index contributed by atoms with van der Waals surface area (Å²) < 4.78 is 53.3. The number of anilines is 2.